The van der Waals surface area contributed by atoms with Gasteiger partial charge in [0, 0.05) is 10.6 Å². The molecule has 128 valence electrons. The molecule has 2 aromatic carbocycles. The topological polar surface area (TPSA) is 29.1 Å². The molecular weight excluding hydrogens is 314 g/mol. The van der Waals surface area contributed by atoms with Gasteiger partial charge in [0.15, 0.2) is 0 Å². The minimum atomic E-state index is -0.147. The number of benzene rings is 2. The highest BCUT2D eigenvalue weighted by atomic mass is 32.2. The van der Waals surface area contributed by atoms with Gasteiger partial charge in [-0.2, -0.15) is 0 Å². The largest absolute Gasteiger partial charge is 0.325 e. The first-order valence-electron chi connectivity index (χ1n) is 8.44. The number of nitrogens with one attached hydrogen (secondary N) is 1. The minimum absolute atomic E-state index is 0.0520. The van der Waals surface area contributed by atoms with Crippen molar-refractivity contribution in [2.45, 2.75) is 57.6 Å². The van der Waals surface area contributed by atoms with Crippen molar-refractivity contribution >= 4 is 23.4 Å². The Kier molecular flexibility index (Phi) is 6.11. The van der Waals surface area contributed by atoms with Crippen LogP contribution in [0.4, 0.5) is 5.69 Å². The van der Waals surface area contributed by atoms with Crippen LogP contribution in [0.2, 0.25) is 0 Å². The van der Waals surface area contributed by atoms with Gasteiger partial charge in [-0.1, -0.05) is 49.7 Å². The van der Waals surface area contributed by atoms with E-state index in [2.05, 4.69) is 57.3 Å². The van der Waals surface area contributed by atoms with E-state index in [4.69, 9.17) is 0 Å². The molecule has 24 heavy (non-hydrogen) atoms. The summed E-state index contributed by atoms with van der Waals surface area (Å²) in [5.41, 5.74) is 5.73. The highest BCUT2D eigenvalue weighted by Gasteiger charge is 2.18. The van der Waals surface area contributed by atoms with Crippen LogP contribution >= 0.6 is 11.8 Å². The fourth-order valence-electron chi connectivity index (χ4n) is 2.74. The van der Waals surface area contributed by atoms with E-state index in [-0.39, 0.29) is 11.2 Å². The summed E-state index contributed by atoms with van der Waals surface area (Å²) in [4.78, 5) is 13.9. The molecule has 0 unspecified atom stereocenters. The average molecular weight is 342 g/mol. The molecule has 1 atom stereocenters. The van der Waals surface area contributed by atoms with Crippen LogP contribution in [0.5, 0.6) is 0 Å². The molecule has 0 saturated heterocycles. The molecule has 2 rings (SSSR count). The summed E-state index contributed by atoms with van der Waals surface area (Å²) in [6.07, 6.45) is 0. The molecule has 0 aliphatic heterocycles. The number of thioether (sulfide) groups is 1. The van der Waals surface area contributed by atoms with Gasteiger partial charge in [0.2, 0.25) is 5.91 Å². The van der Waals surface area contributed by atoms with Crippen LogP contribution in [0.1, 0.15) is 48.9 Å². The Labute approximate surface area is 150 Å². The molecule has 2 nitrogen and oxygen atoms in total. The number of aryl methyl sites for hydroxylation is 3. The number of anilines is 1. The van der Waals surface area contributed by atoms with Crippen molar-refractivity contribution in [1.82, 2.24) is 0 Å². The quantitative estimate of drug-likeness (QED) is 0.691. The van der Waals surface area contributed by atoms with Gasteiger partial charge in [0.05, 0.1) is 5.25 Å². The van der Waals surface area contributed by atoms with E-state index in [1.165, 1.54) is 16.7 Å². The SMILES string of the molecule is Cc1ccc(S[C@H](C)C(=O)Nc2c(C)cccc2C(C)C)c(C)c1. The van der Waals surface area contributed by atoms with Gasteiger partial charge in [-0.05, 0) is 56.4 Å². The third kappa shape index (κ3) is 4.41. The number of hydrogen-bond acceptors (Lipinski definition) is 2. The van der Waals surface area contributed by atoms with E-state index in [0.29, 0.717) is 5.92 Å². The second-order valence-electron chi connectivity index (χ2n) is 6.71. The number of hydrogen-bond donors (Lipinski definition) is 1. The molecule has 0 radical (unpaired) electrons. The first kappa shape index (κ1) is 18.6. The second-order valence-corrected chi connectivity index (χ2v) is 8.09. The normalized spacial score (nSPS) is 12.3. The van der Waals surface area contributed by atoms with Crippen molar-refractivity contribution in [2.75, 3.05) is 5.32 Å². The van der Waals surface area contributed by atoms with Gasteiger partial charge >= 0.3 is 0 Å². The highest BCUT2D eigenvalue weighted by Crippen LogP contribution is 2.31. The molecule has 1 N–H and O–H groups in total. The lowest BCUT2D eigenvalue weighted by Crippen LogP contribution is -2.23. The van der Waals surface area contributed by atoms with Crippen LogP contribution in [0.25, 0.3) is 0 Å². The number of carbonyl (C=O) groups excluding carboxylic acids is 1. The summed E-state index contributed by atoms with van der Waals surface area (Å²) >= 11 is 1.61. The standard InChI is InChI=1S/C21H27NOS/c1-13(2)18-9-7-8-15(4)20(18)22-21(23)17(6)24-19-11-10-14(3)12-16(19)5/h7-13,17H,1-6H3,(H,22,23)/t17-/m1/s1. The molecule has 0 spiro atoms. The van der Waals surface area contributed by atoms with Crippen LogP contribution < -0.4 is 5.32 Å². The molecule has 0 aliphatic carbocycles. The monoisotopic (exact) mass is 341 g/mol. The summed E-state index contributed by atoms with van der Waals surface area (Å²) < 4.78 is 0. The number of carbonyl (C=O) groups is 1. The second kappa shape index (κ2) is 7.89. The Morgan fingerprint density at radius 3 is 2.33 bits per heavy atom. The van der Waals surface area contributed by atoms with Crippen molar-refractivity contribution in [2.24, 2.45) is 0 Å². The minimum Gasteiger partial charge on any atom is -0.325 e. The predicted molar refractivity (Wildman–Crippen MR) is 105 cm³/mol. The molecule has 3 heteroatoms. The molecule has 0 aliphatic rings. The molecule has 1 amide bonds. The van der Waals surface area contributed by atoms with E-state index in [1.54, 1.807) is 11.8 Å². The average Bonchev–Trinajstić information content (AvgIpc) is 2.51. The van der Waals surface area contributed by atoms with Crippen molar-refractivity contribution in [3.8, 4) is 0 Å². The number of rotatable bonds is 5. The molecule has 0 bridgehead atoms. The van der Waals surface area contributed by atoms with Gasteiger partial charge in [-0.3, -0.25) is 4.79 Å². The van der Waals surface area contributed by atoms with E-state index in [9.17, 15) is 4.79 Å². The van der Waals surface area contributed by atoms with Crippen LogP contribution in [0.15, 0.2) is 41.3 Å². The zero-order valence-corrected chi connectivity index (χ0v) is 16.3. The Morgan fingerprint density at radius 2 is 1.71 bits per heavy atom. The lowest BCUT2D eigenvalue weighted by Gasteiger charge is -2.19. The van der Waals surface area contributed by atoms with Crippen molar-refractivity contribution in [3.63, 3.8) is 0 Å². The summed E-state index contributed by atoms with van der Waals surface area (Å²) in [6, 6.07) is 12.5. The fraction of sp³-hybridized carbons (Fsp3) is 0.381. The third-order valence-corrected chi connectivity index (χ3v) is 5.46. The summed E-state index contributed by atoms with van der Waals surface area (Å²) in [6.45, 7) is 12.5. The fourth-order valence-corrected chi connectivity index (χ4v) is 3.68. The lowest BCUT2D eigenvalue weighted by molar-refractivity contribution is -0.115. The predicted octanol–water partition coefficient (Wildman–Crippen LogP) is 5.85. The van der Waals surface area contributed by atoms with Crippen LogP contribution in [0, 0.1) is 20.8 Å². The first-order valence-corrected chi connectivity index (χ1v) is 9.32. The summed E-state index contributed by atoms with van der Waals surface area (Å²) in [7, 11) is 0. The third-order valence-electron chi connectivity index (χ3n) is 4.18. The molecule has 2 aromatic rings. The van der Waals surface area contributed by atoms with E-state index in [1.807, 2.05) is 26.0 Å². The Morgan fingerprint density at radius 1 is 1.00 bits per heavy atom. The molecule has 0 fully saturated rings. The Hall–Kier alpha value is -1.74. The first-order chi connectivity index (χ1) is 11.3. The summed E-state index contributed by atoms with van der Waals surface area (Å²) in [5.74, 6) is 0.429. The number of amides is 1. The van der Waals surface area contributed by atoms with Crippen LogP contribution in [0.3, 0.4) is 0 Å². The van der Waals surface area contributed by atoms with Crippen LogP contribution in [-0.4, -0.2) is 11.2 Å². The lowest BCUT2D eigenvalue weighted by atomic mass is 9.98. The summed E-state index contributed by atoms with van der Waals surface area (Å²) in [5, 5.41) is 3.00. The zero-order valence-electron chi connectivity index (χ0n) is 15.4. The smallest absolute Gasteiger partial charge is 0.237 e. The van der Waals surface area contributed by atoms with Gasteiger partial charge in [-0.25, -0.2) is 0 Å². The Bertz CT molecular complexity index is 737. The maximum absolute atomic E-state index is 12.7. The van der Waals surface area contributed by atoms with E-state index >= 15 is 0 Å². The van der Waals surface area contributed by atoms with Crippen molar-refractivity contribution in [1.29, 1.82) is 0 Å². The van der Waals surface area contributed by atoms with Crippen molar-refractivity contribution in [3.05, 3.63) is 58.7 Å². The molecular formula is C21H27NOS. The van der Waals surface area contributed by atoms with Gasteiger partial charge in [0.1, 0.15) is 0 Å². The maximum atomic E-state index is 12.7. The Balaban J connectivity index is 2.15. The molecule has 0 heterocycles. The molecule has 0 aromatic heterocycles. The van der Waals surface area contributed by atoms with Gasteiger partial charge in [0.25, 0.3) is 0 Å². The van der Waals surface area contributed by atoms with Crippen molar-refractivity contribution < 1.29 is 4.79 Å². The van der Waals surface area contributed by atoms with Gasteiger partial charge < -0.3 is 5.32 Å². The maximum Gasteiger partial charge on any atom is 0.237 e. The zero-order chi connectivity index (χ0) is 17.9. The van der Waals surface area contributed by atoms with Crippen LogP contribution in [-0.2, 0) is 4.79 Å². The van der Waals surface area contributed by atoms with Gasteiger partial charge in [-0.15, -0.1) is 11.8 Å². The highest BCUT2D eigenvalue weighted by molar-refractivity contribution is 8.00. The molecule has 0 saturated carbocycles. The van der Waals surface area contributed by atoms with E-state index < -0.39 is 0 Å². The number of para-hydroxylation sites is 1. The van der Waals surface area contributed by atoms with E-state index in [0.717, 1.165) is 16.1 Å².